The first kappa shape index (κ1) is 11.8. The predicted molar refractivity (Wildman–Crippen MR) is 45.7 cm³/mol. The molecule has 0 heterocycles. The van der Waals surface area contributed by atoms with E-state index < -0.39 is 32.4 Å². The molecule has 0 spiro atoms. The summed E-state index contributed by atoms with van der Waals surface area (Å²) in [7, 11) is -4.59. The van der Waals surface area contributed by atoms with E-state index in [9.17, 15) is 21.6 Å². The smallest absolute Gasteiger partial charge is 0.398 e. The molecule has 0 saturated carbocycles. The zero-order valence-corrected chi connectivity index (χ0v) is 7.93. The highest BCUT2D eigenvalue weighted by atomic mass is 32.2. The van der Waals surface area contributed by atoms with Crippen LogP contribution in [0.5, 0.6) is 0 Å². The Balaban J connectivity index is 3.34. The molecule has 84 valence electrons. The van der Waals surface area contributed by atoms with Gasteiger partial charge in [-0.3, -0.25) is 4.55 Å². The third-order valence-electron chi connectivity index (χ3n) is 1.62. The molecule has 0 unspecified atom stereocenters. The third kappa shape index (κ3) is 2.60. The van der Waals surface area contributed by atoms with Gasteiger partial charge in [-0.15, -0.1) is 0 Å². The van der Waals surface area contributed by atoms with Crippen molar-refractivity contribution in [1.82, 2.24) is 0 Å². The Kier molecular flexibility index (Phi) is 2.66. The summed E-state index contributed by atoms with van der Waals surface area (Å²) in [5.41, 5.74) is 3.34. The average molecular weight is 241 g/mol. The molecule has 0 fully saturated rings. The number of nitrogen functional groups attached to an aromatic ring is 1. The van der Waals surface area contributed by atoms with E-state index in [-0.39, 0.29) is 0 Å². The summed E-state index contributed by atoms with van der Waals surface area (Å²) in [6.07, 6.45) is -4.61. The zero-order chi connectivity index (χ0) is 11.9. The van der Waals surface area contributed by atoms with Gasteiger partial charge in [0.2, 0.25) is 0 Å². The molecule has 0 aliphatic rings. The van der Waals surface area contributed by atoms with Crippen molar-refractivity contribution in [1.29, 1.82) is 0 Å². The first-order chi connectivity index (χ1) is 6.62. The molecule has 15 heavy (non-hydrogen) atoms. The molecule has 1 aromatic carbocycles. The quantitative estimate of drug-likeness (QED) is 0.577. The molecule has 1 rings (SSSR count). The molecule has 0 amide bonds. The van der Waals surface area contributed by atoms with E-state index in [2.05, 4.69) is 0 Å². The topological polar surface area (TPSA) is 80.4 Å². The van der Waals surface area contributed by atoms with Crippen molar-refractivity contribution in [3.63, 3.8) is 0 Å². The Morgan fingerprint density at radius 3 is 2.13 bits per heavy atom. The Morgan fingerprint density at radius 2 is 1.80 bits per heavy atom. The van der Waals surface area contributed by atoms with Crippen LogP contribution < -0.4 is 5.73 Å². The molecule has 4 nitrogen and oxygen atoms in total. The van der Waals surface area contributed by atoms with Gasteiger partial charge in [-0.2, -0.15) is 21.6 Å². The minimum absolute atomic E-state index is 0.448. The van der Waals surface area contributed by atoms with E-state index in [1.165, 1.54) is 0 Å². The number of rotatable bonds is 1. The van der Waals surface area contributed by atoms with Crippen molar-refractivity contribution in [2.45, 2.75) is 11.1 Å². The van der Waals surface area contributed by atoms with Crippen LogP contribution in [0.2, 0.25) is 0 Å². The van der Waals surface area contributed by atoms with Crippen molar-refractivity contribution >= 4 is 15.8 Å². The van der Waals surface area contributed by atoms with Gasteiger partial charge < -0.3 is 5.73 Å². The van der Waals surface area contributed by atoms with Crippen LogP contribution in [0.3, 0.4) is 0 Å². The highest BCUT2D eigenvalue weighted by Crippen LogP contribution is 2.32. The Bertz CT molecular complexity index is 481. The van der Waals surface area contributed by atoms with Crippen LogP contribution in [-0.2, 0) is 16.3 Å². The molecule has 0 radical (unpaired) electrons. The van der Waals surface area contributed by atoms with E-state index in [4.69, 9.17) is 10.3 Å². The SMILES string of the molecule is Nc1cc(C(F)(F)F)ccc1S(=O)(=O)O. The van der Waals surface area contributed by atoms with Gasteiger partial charge in [0, 0.05) is 0 Å². The highest BCUT2D eigenvalue weighted by molar-refractivity contribution is 7.86. The molecule has 8 heteroatoms. The van der Waals surface area contributed by atoms with E-state index in [0.29, 0.717) is 18.2 Å². The maximum absolute atomic E-state index is 12.1. The molecule has 0 aliphatic heterocycles. The number of nitrogens with two attached hydrogens (primary N) is 1. The summed E-state index contributed by atoms with van der Waals surface area (Å²) in [6, 6.07) is 1.58. The largest absolute Gasteiger partial charge is 0.416 e. The van der Waals surface area contributed by atoms with Crippen molar-refractivity contribution < 1.29 is 26.1 Å². The van der Waals surface area contributed by atoms with E-state index in [1.54, 1.807) is 0 Å². The lowest BCUT2D eigenvalue weighted by Gasteiger charge is -2.08. The second-order valence-corrected chi connectivity index (χ2v) is 4.12. The Labute approximate surface area is 83.3 Å². The molecule has 3 N–H and O–H groups in total. The van der Waals surface area contributed by atoms with E-state index >= 15 is 0 Å². The van der Waals surface area contributed by atoms with Gasteiger partial charge in [0.1, 0.15) is 4.90 Å². The number of anilines is 1. The number of benzene rings is 1. The summed E-state index contributed by atoms with van der Waals surface area (Å²) >= 11 is 0. The lowest BCUT2D eigenvalue weighted by molar-refractivity contribution is -0.137. The zero-order valence-electron chi connectivity index (χ0n) is 7.12. The summed E-state index contributed by atoms with van der Waals surface area (Å²) < 4.78 is 66.2. The van der Waals surface area contributed by atoms with Crippen LogP contribution in [0.15, 0.2) is 23.1 Å². The molecule has 0 saturated heterocycles. The van der Waals surface area contributed by atoms with Gasteiger partial charge in [0.25, 0.3) is 10.1 Å². The molecule has 0 aromatic heterocycles. The fourth-order valence-corrected chi connectivity index (χ4v) is 1.56. The normalized spacial score (nSPS) is 12.8. The van der Waals surface area contributed by atoms with Gasteiger partial charge in [-0.05, 0) is 18.2 Å². The van der Waals surface area contributed by atoms with Crippen LogP contribution in [0, 0.1) is 0 Å². The Hall–Kier alpha value is -1.28. The molecule has 0 bridgehead atoms. The fraction of sp³-hybridized carbons (Fsp3) is 0.143. The second-order valence-electron chi connectivity index (χ2n) is 2.73. The van der Waals surface area contributed by atoms with Crippen LogP contribution in [-0.4, -0.2) is 13.0 Å². The summed E-state index contributed by atoms with van der Waals surface area (Å²) in [6.45, 7) is 0. The maximum atomic E-state index is 12.1. The monoisotopic (exact) mass is 241 g/mol. The van der Waals surface area contributed by atoms with Gasteiger partial charge in [0.05, 0.1) is 11.3 Å². The third-order valence-corrected chi connectivity index (χ3v) is 2.54. The first-order valence-electron chi connectivity index (χ1n) is 3.56. The molecule has 0 atom stereocenters. The van der Waals surface area contributed by atoms with E-state index in [0.717, 1.165) is 0 Å². The molecule has 0 aliphatic carbocycles. The Morgan fingerprint density at radius 1 is 1.27 bits per heavy atom. The predicted octanol–water partition coefficient (Wildman–Crippen LogP) is 1.53. The van der Waals surface area contributed by atoms with Crippen LogP contribution >= 0.6 is 0 Å². The minimum atomic E-state index is -4.61. The number of alkyl halides is 3. The van der Waals surface area contributed by atoms with Crippen molar-refractivity contribution in [3.8, 4) is 0 Å². The molecular formula is C7H6F3NO3S. The standard InChI is InChI=1S/C7H6F3NO3S/c8-7(9,10)4-1-2-6(5(11)3-4)15(12,13)14/h1-3H,11H2,(H,12,13,14). The van der Waals surface area contributed by atoms with Crippen molar-refractivity contribution in [3.05, 3.63) is 23.8 Å². The molecular weight excluding hydrogens is 235 g/mol. The summed E-state index contributed by atoms with van der Waals surface area (Å²) in [5, 5.41) is 0. The number of hydrogen-bond acceptors (Lipinski definition) is 3. The highest BCUT2D eigenvalue weighted by Gasteiger charge is 2.31. The van der Waals surface area contributed by atoms with Crippen molar-refractivity contribution in [2.75, 3.05) is 5.73 Å². The summed E-state index contributed by atoms with van der Waals surface area (Å²) in [5.74, 6) is 0. The van der Waals surface area contributed by atoms with Gasteiger partial charge in [0.15, 0.2) is 0 Å². The van der Waals surface area contributed by atoms with Gasteiger partial charge in [-0.1, -0.05) is 0 Å². The molecule has 1 aromatic rings. The summed E-state index contributed by atoms with van der Waals surface area (Å²) in [4.78, 5) is -0.740. The maximum Gasteiger partial charge on any atom is 0.416 e. The van der Waals surface area contributed by atoms with Crippen molar-refractivity contribution in [2.24, 2.45) is 0 Å². The van der Waals surface area contributed by atoms with Crippen LogP contribution in [0.4, 0.5) is 18.9 Å². The fourth-order valence-electron chi connectivity index (χ4n) is 0.960. The lowest BCUT2D eigenvalue weighted by atomic mass is 10.2. The lowest BCUT2D eigenvalue weighted by Crippen LogP contribution is -2.09. The van der Waals surface area contributed by atoms with E-state index in [1.807, 2.05) is 0 Å². The van der Waals surface area contributed by atoms with Crippen LogP contribution in [0.1, 0.15) is 5.56 Å². The number of hydrogen-bond donors (Lipinski definition) is 2. The second kappa shape index (κ2) is 3.38. The minimum Gasteiger partial charge on any atom is -0.398 e. The number of halogens is 3. The first-order valence-corrected chi connectivity index (χ1v) is 5.00. The average Bonchev–Trinajstić information content (AvgIpc) is 1.99. The van der Waals surface area contributed by atoms with Crippen LogP contribution in [0.25, 0.3) is 0 Å². The van der Waals surface area contributed by atoms with Gasteiger partial charge in [-0.25, -0.2) is 0 Å². The van der Waals surface area contributed by atoms with Gasteiger partial charge >= 0.3 is 6.18 Å².